The lowest BCUT2D eigenvalue weighted by molar-refractivity contribution is -0.385. The molecule has 1 aromatic carbocycles. The Morgan fingerprint density at radius 2 is 2.21 bits per heavy atom. The number of hydrogen-bond donors (Lipinski definition) is 1. The van der Waals surface area contributed by atoms with Gasteiger partial charge in [0.15, 0.2) is 0 Å². The third-order valence-electron chi connectivity index (χ3n) is 1.75. The van der Waals surface area contributed by atoms with Crippen LogP contribution in [0.1, 0.15) is 11.6 Å². The molecule has 4 nitrogen and oxygen atoms in total. The Morgan fingerprint density at radius 3 is 2.71 bits per heavy atom. The summed E-state index contributed by atoms with van der Waals surface area (Å²) in [6, 6.07) is 1.63. The number of benzene rings is 1. The average molecular weight is 202 g/mol. The SMILES string of the molecule is N[C@H](CF)c1cc(F)ccc1[N+](=O)[O-]. The van der Waals surface area contributed by atoms with Gasteiger partial charge in [-0.15, -0.1) is 0 Å². The Balaban J connectivity index is 3.22. The summed E-state index contributed by atoms with van der Waals surface area (Å²) >= 11 is 0. The second-order valence-electron chi connectivity index (χ2n) is 2.72. The molecule has 76 valence electrons. The van der Waals surface area contributed by atoms with Crippen molar-refractivity contribution in [2.24, 2.45) is 5.73 Å². The van der Waals surface area contributed by atoms with Crippen LogP contribution in [-0.4, -0.2) is 11.6 Å². The lowest BCUT2D eigenvalue weighted by atomic mass is 10.1. The maximum Gasteiger partial charge on any atom is 0.274 e. The first kappa shape index (κ1) is 10.5. The summed E-state index contributed by atoms with van der Waals surface area (Å²) in [5.41, 5.74) is 4.76. The van der Waals surface area contributed by atoms with Crippen LogP contribution >= 0.6 is 0 Å². The molecule has 0 spiro atoms. The minimum atomic E-state index is -1.16. The first-order chi connectivity index (χ1) is 6.56. The fourth-order valence-corrected chi connectivity index (χ4v) is 1.07. The maximum atomic E-state index is 12.7. The fourth-order valence-electron chi connectivity index (χ4n) is 1.07. The maximum absolute atomic E-state index is 12.7. The van der Waals surface area contributed by atoms with Crippen LogP contribution in [0.3, 0.4) is 0 Å². The Morgan fingerprint density at radius 1 is 1.57 bits per heavy atom. The van der Waals surface area contributed by atoms with Crippen LogP contribution in [0.4, 0.5) is 14.5 Å². The molecule has 0 aliphatic carbocycles. The normalized spacial score (nSPS) is 12.5. The molecule has 0 radical (unpaired) electrons. The number of halogens is 2. The summed E-state index contributed by atoms with van der Waals surface area (Å²) in [5, 5.41) is 10.5. The van der Waals surface area contributed by atoms with E-state index in [1.54, 1.807) is 0 Å². The van der Waals surface area contributed by atoms with Crippen LogP contribution in [0.2, 0.25) is 0 Å². The van der Waals surface area contributed by atoms with E-state index in [2.05, 4.69) is 0 Å². The van der Waals surface area contributed by atoms with Crippen molar-refractivity contribution >= 4 is 5.69 Å². The van der Waals surface area contributed by atoms with Crippen LogP contribution in [0.15, 0.2) is 18.2 Å². The molecule has 0 aromatic heterocycles. The molecule has 0 aliphatic rings. The van der Waals surface area contributed by atoms with Crippen molar-refractivity contribution in [3.05, 3.63) is 39.7 Å². The molecule has 0 amide bonds. The average Bonchev–Trinajstić information content (AvgIpc) is 2.16. The molecule has 0 aliphatic heterocycles. The quantitative estimate of drug-likeness (QED) is 0.599. The number of nitrogens with two attached hydrogens (primary N) is 1. The van der Waals surface area contributed by atoms with E-state index in [-0.39, 0.29) is 11.3 Å². The molecular weight excluding hydrogens is 194 g/mol. The zero-order chi connectivity index (χ0) is 10.7. The van der Waals surface area contributed by atoms with E-state index in [9.17, 15) is 18.9 Å². The van der Waals surface area contributed by atoms with Gasteiger partial charge in [-0.1, -0.05) is 0 Å². The molecule has 2 N–H and O–H groups in total. The van der Waals surface area contributed by atoms with Gasteiger partial charge in [0.25, 0.3) is 5.69 Å². The summed E-state index contributed by atoms with van der Waals surface area (Å²) < 4.78 is 24.9. The molecule has 0 fully saturated rings. The van der Waals surface area contributed by atoms with E-state index in [0.29, 0.717) is 0 Å². The van der Waals surface area contributed by atoms with Crippen LogP contribution in [0.25, 0.3) is 0 Å². The number of nitro benzene ring substituents is 1. The number of alkyl halides is 1. The minimum absolute atomic E-state index is 0.127. The highest BCUT2D eigenvalue weighted by Gasteiger charge is 2.19. The van der Waals surface area contributed by atoms with Gasteiger partial charge in [0.05, 0.1) is 16.5 Å². The topological polar surface area (TPSA) is 69.2 Å². The van der Waals surface area contributed by atoms with Gasteiger partial charge in [0.2, 0.25) is 0 Å². The van der Waals surface area contributed by atoms with E-state index < -0.39 is 23.5 Å². The zero-order valence-corrected chi connectivity index (χ0v) is 7.11. The van der Waals surface area contributed by atoms with E-state index >= 15 is 0 Å². The fraction of sp³-hybridized carbons (Fsp3) is 0.250. The van der Waals surface area contributed by atoms with Gasteiger partial charge in [-0.3, -0.25) is 10.1 Å². The predicted octanol–water partition coefficient (Wildman–Crippen LogP) is 1.70. The Bertz CT molecular complexity index is 357. The smallest absolute Gasteiger partial charge is 0.274 e. The predicted molar refractivity (Wildman–Crippen MR) is 46.0 cm³/mol. The molecule has 0 saturated heterocycles. The van der Waals surface area contributed by atoms with Crippen LogP contribution in [-0.2, 0) is 0 Å². The van der Waals surface area contributed by atoms with Crippen molar-refractivity contribution in [3.63, 3.8) is 0 Å². The molecule has 0 saturated carbocycles. The monoisotopic (exact) mass is 202 g/mol. The molecule has 0 unspecified atom stereocenters. The minimum Gasteiger partial charge on any atom is -0.322 e. The second-order valence-corrected chi connectivity index (χ2v) is 2.72. The number of nitro groups is 1. The van der Waals surface area contributed by atoms with Crippen LogP contribution < -0.4 is 5.73 Å². The summed E-state index contributed by atoms with van der Waals surface area (Å²) in [5.74, 6) is -0.672. The van der Waals surface area contributed by atoms with Gasteiger partial charge >= 0.3 is 0 Å². The van der Waals surface area contributed by atoms with E-state index in [1.165, 1.54) is 0 Å². The third kappa shape index (κ3) is 2.02. The van der Waals surface area contributed by atoms with E-state index in [0.717, 1.165) is 18.2 Å². The molecule has 1 atom stereocenters. The molecule has 1 rings (SSSR count). The standard InChI is InChI=1S/C8H8F2N2O2/c9-4-7(11)6-3-5(10)1-2-8(6)12(13)14/h1-3,7H,4,11H2/t7-/m1/s1. The van der Waals surface area contributed by atoms with E-state index in [4.69, 9.17) is 5.73 Å². The number of rotatable bonds is 3. The highest BCUT2D eigenvalue weighted by Crippen LogP contribution is 2.24. The van der Waals surface area contributed by atoms with Gasteiger partial charge in [-0.2, -0.15) is 0 Å². The first-order valence-corrected chi connectivity index (χ1v) is 3.81. The summed E-state index contributed by atoms with van der Waals surface area (Å²) in [7, 11) is 0. The largest absolute Gasteiger partial charge is 0.322 e. The number of hydrogen-bond acceptors (Lipinski definition) is 3. The zero-order valence-electron chi connectivity index (χ0n) is 7.11. The first-order valence-electron chi connectivity index (χ1n) is 3.81. The Hall–Kier alpha value is -1.56. The molecule has 0 bridgehead atoms. The molecule has 14 heavy (non-hydrogen) atoms. The molecular formula is C8H8F2N2O2. The second kappa shape index (κ2) is 4.10. The van der Waals surface area contributed by atoms with Gasteiger partial charge in [-0.05, 0) is 12.1 Å². The highest BCUT2D eigenvalue weighted by molar-refractivity contribution is 5.42. The van der Waals surface area contributed by atoms with E-state index in [1.807, 2.05) is 0 Å². The van der Waals surface area contributed by atoms with Crippen molar-refractivity contribution in [2.75, 3.05) is 6.67 Å². The Kier molecular flexibility index (Phi) is 3.08. The number of nitrogens with zero attached hydrogens (tertiary/aromatic N) is 1. The van der Waals surface area contributed by atoms with Crippen molar-refractivity contribution < 1.29 is 13.7 Å². The summed E-state index contributed by atoms with van der Waals surface area (Å²) in [4.78, 5) is 9.74. The van der Waals surface area contributed by atoms with Gasteiger partial charge in [0.1, 0.15) is 12.5 Å². The van der Waals surface area contributed by atoms with Crippen molar-refractivity contribution in [2.45, 2.75) is 6.04 Å². The van der Waals surface area contributed by atoms with Crippen molar-refractivity contribution in [1.82, 2.24) is 0 Å². The summed E-state index contributed by atoms with van der Waals surface area (Å²) in [6.07, 6.45) is 0. The van der Waals surface area contributed by atoms with Gasteiger partial charge in [-0.25, -0.2) is 8.78 Å². The summed E-state index contributed by atoms with van der Waals surface area (Å²) in [6.45, 7) is -0.968. The Labute approximate surface area is 78.5 Å². The van der Waals surface area contributed by atoms with Crippen LogP contribution in [0.5, 0.6) is 0 Å². The lowest BCUT2D eigenvalue weighted by Gasteiger charge is -2.07. The van der Waals surface area contributed by atoms with Gasteiger partial charge in [0, 0.05) is 6.07 Å². The molecule has 1 aromatic rings. The van der Waals surface area contributed by atoms with Gasteiger partial charge < -0.3 is 5.73 Å². The third-order valence-corrected chi connectivity index (χ3v) is 1.75. The molecule has 6 heteroatoms. The van der Waals surface area contributed by atoms with Crippen LogP contribution in [0, 0.1) is 15.9 Å². The lowest BCUT2D eigenvalue weighted by Crippen LogP contribution is -2.14. The van der Waals surface area contributed by atoms with Crippen molar-refractivity contribution in [3.8, 4) is 0 Å². The molecule has 0 heterocycles. The highest BCUT2D eigenvalue weighted by atomic mass is 19.1. The van der Waals surface area contributed by atoms with Crippen molar-refractivity contribution in [1.29, 1.82) is 0 Å².